The predicted molar refractivity (Wildman–Crippen MR) is 119 cm³/mol. The fourth-order valence-corrected chi connectivity index (χ4v) is 2.98. The van der Waals surface area contributed by atoms with E-state index in [2.05, 4.69) is 29.7 Å². The van der Waals surface area contributed by atoms with Crippen molar-refractivity contribution >= 4 is 23.2 Å². The van der Waals surface area contributed by atoms with E-state index < -0.39 is 0 Å². The van der Waals surface area contributed by atoms with Crippen molar-refractivity contribution in [2.45, 2.75) is 45.4 Å². The number of hydrogen-bond acceptors (Lipinski definition) is 3. The molecule has 0 spiro atoms. The zero-order valence-electron chi connectivity index (χ0n) is 16.6. The summed E-state index contributed by atoms with van der Waals surface area (Å²) in [6, 6.07) is 17.3. The van der Waals surface area contributed by atoms with E-state index in [0.717, 1.165) is 18.6 Å². The van der Waals surface area contributed by atoms with Crippen molar-refractivity contribution in [1.29, 1.82) is 0 Å². The van der Waals surface area contributed by atoms with E-state index in [1.807, 2.05) is 30.3 Å². The van der Waals surface area contributed by atoms with Crippen molar-refractivity contribution in [3.8, 4) is 5.75 Å². The molecule has 150 valence electrons. The topological polar surface area (TPSA) is 50.4 Å². The fraction of sp³-hybridized carbons (Fsp3) is 0.391. The molecule has 1 amide bonds. The van der Waals surface area contributed by atoms with E-state index in [-0.39, 0.29) is 5.91 Å². The molecule has 0 saturated heterocycles. The average molecular weight is 399 g/mol. The first-order chi connectivity index (χ1) is 13.7. The van der Waals surface area contributed by atoms with Crippen LogP contribution in [0.5, 0.6) is 5.75 Å². The van der Waals surface area contributed by atoms with Crippen LogP contribution in [0.15, 0.2) is 54.6 Å². The van der Waals surface area contributed by atoms with Gasteiger partial charge >= 0.3 is 0 Å². The number of nitrogens with one attached hydrogen (secondary N) is 2. The third-order valence-corrected chi connectivity index (χ3v) is 4.65. The van der Waals surface area contributed by atoms with Crippen molar-refractivity contribution in [3.05, 3.63) is 65.7 Å². The van der Waals surface area contributed by atoms with Gasteiger partial charge in [0.05, 0.1) is 6.61 Å². The van der Waals surface area contributed by atoms with Crippen LogP contribution in [0.2, 0.25) is 0 Å². The Bertz CT molecular complexity index is 717. The number of benzene rings is 2. The third kappa shape index (κ3) is 8.53. The highest BCUT2D eigenvalue weighted by Crippen LogP contribution is 2.13. The van der Waals surface area contributed by atoms with Crippen LogP contribution in [-0.4, -0.2) is 24.2 Å². The average Bonchev–Trinajstić information content (AvgIpc) is 2.72. The van der Waals surface area contributed by atoms with Gasteiger partial charge < -0.3 is 10.1 Å². The molecule has 4 nitrogen and oxygen atoms in total. The molecule has 2 aromatic carbocycles. The number of hydrogen-bond donors (Lipinski definition) is 2. The van der Waals surface area contributed by atoms with Gasteiger partial charge in [-0.05, 0) is 54.9 Å². The lowest BCUT2D eigenvalue weighted by Gasteiger charge is -2.10. The van der Waals surface area contributed by atoms with Crippen LogP contribution in [0.25, 0.3) is 0 Å². The zero-order chi connectivity index (χ0) is 20.0. The summed E-state index contributed by atoms with van der Waals surface area (Å²) in [6.45, 7) is 3.60. The maximum atomic E-state index is 12.3. The Hall–Kier alpha value is -2.40. The lowest BCUT2D eigenvalue weighted by Crippen LogP contribution is -2.40. The van der Waals surface area contributed by atoms with E-state index >= 15 is 0 Å². The Balaban J connectivity index is 1.66. The SMILES string of the molecule is CCCCCCCOc1ccc(C(=O)NC(=S)NCCc2ccccc2)cc1. The highest BCUT2D eigenvalue weighted by atomic mass is 32.1. The Kier molecular flexibility index (Phi) is 10.1. The normalized spacial score (nSPS) is 10.3. The summed E-state index contributed by atoms with van der Waals surface area (Å²) in [5.41, 5.74) is 1.78. The van der Waals surface area contributed by atoms with Crippen molar-refractivity contribution in [2.24, 2.45) is 0 Å². The van der Waals surface area contributed by atoms with Gasteiger partial charge in [-0.1, -0.05) is 62.9 Å². The van der Waals surface area contributed by atoms with E-state index in [0.29, 0.717) is 23.8 Å². The quantitative estimate of drug-likeness (QED) is 0.418. The highest BCUT2D eigenvalue weighted by Gasteiger charge is 2.08. The van der Waals surface area contributed by atoms with Crippen LogP contribution in [0.3, 0.4) is 0 Å². The molecular weight excluding hydrogens is 368 g/mol. The first-order valence-corrected chi connectivity index (χ1v) is 10.5. The van der Waals surface area contributed by atoms with Gasteiger partial charge in [-0.25, -0.2) is 0 Å². The van der Waals surface area contributed by atoms with Crippen LogP contribution in [0.1, 0.15) is 54.9 Å². The van der Waals surface area contributed by atoms with Crippen LogP contribution in [0.4, 0.5) is 0 Å². The van der Waals surface area contributed by atoms with Crippen LogP contribution in [-0.2, 0) is 6.42 Å². The Labute approximate surface area is 173 Å². The molecular formula is C23H30N2O2S. The first-order valence-electron chi connectivity index (χ1n) is 10.0. The molecule has 0 unspecified atom stereocenters. The minimum atomic E-state index is -0.219. The lowest BCUT2D eigenvalue weighted by molar-refractivity contribution is 0.0976. The molecule has 0 heterocycles. The molecule has 0 aliphatic rings. The highest BCUT2D eigenvalue weighted by molar-refractivity contribution is 7.80. The number of carbonyl (C=O) groups excluding carboxylic acids is 1. The minimum Gasteiger partial charge on any atom is -0.494 e. The molecule has 0 bridgehead atoms. The number of unbranched alkanes of at least 4 members (excludes halogenated alkanes) is 4. The van der Waals surface area contributed by atoms with Crippen LogP contribution < -0.4 is 15.4 Å². The summed E-state index contributed by atoms with van der Waals surface area (Å²) >= 11 is 5.20. The van der Waals surface area contributed by atoms with Crippen molar-refractivity contribution in [3.63, 3.8) is 0 Å². The lowest BCUT2D eigenvalue weighted by atomic mass is 10.1. The van der Waals surface area contributed by atoms with E-state index in [4.69, 9.17) is 17.0 Å². The second-order valence-corrected chi connectivity index (χ2v) is 7.14. The van der Waals surface area contributed by atoms with Crippen LogP contribution in [0, 0.1) is 0 Å². The summed E-state index contributed by atoms with van der Waals surface area (Å²) < 4.78 is 5.73. The Morgan fingerprint density at radius 3 is 2.39 bits per heavy atom. The molecule has 2 aromatic rings. The third-order valence-electron chi connectivity index (χ3n) is 4.40. The second-order valence-electron chi connectivity index (χ2n) is 6.73. The molecule has 28 heavy (non-hydrogen) atoms. The van der Waals surface area contributed by atoms with Gasteiger partial charge in [0, 0.05) is 12.1 Å². The van der Waals surface area contributed by atoms with Crippen LogP contribution >= 0.6 is 12.2 Å². The van der Waals surface area contributed by atoms with E-state index in [1.165, 1.54) is 31.2 Å². The molecule has 0 aliphatic heterocycles. The number of ether oxygens (including phenoxy) is 1. The Morgan fingerprint density at radius 2 is 1.68 bits per heavy atom. The standard InChI is InChI=1S/C23H30N2O2S/c1-2-3-4-5-9-18-27-21-14-12-20(13-15-21)22(26)25-23(28)24-17-16-19-10-7-6-8-11-19/h6-8,10-15H,2-5,9,16-18H2,1H3,(H2,24,25,26,28). The molecule has 5 heteroatoms. The minimum absolute atomic E-state index is 0.219. The van der Waals surface area contributed by atoms with Gasteiger partial charge in [-0.15, -0.1) is 0 Å². The molecule has 2 rings (SSSR count). The second kappa shape index (κ2) is 12.9. The monoisotopic (exact) mass is 398 g/mol. The summed E-state index contributed by atoms with van der Waals surface area (Å²) in [4.78, 5) is 12.3. The number of thiocarbonyl (C=S) groups is 1. The largest absolute Gasteiger partial charge is 0.494 e. The van der Waals surface area contributed by atoms with E-state index in [1.54, 1.807) is 12.1 Å². The maximum absolute atomic E-state index is 12.3. The summed E-state index contributed by atoms with van der Waals surface area (Å²) in [6.07, 6.45) is 6.90. The molecule has 0 fully saturated rings. The molecule has 0 saturated carbocycles. The molecule has 0 aliphatic carbocycles. The smallest absolute Gasteiger partial charge is 0.257 e. The predicted octanol–water partition coefficient (Wildman–Crippen LogP) is 4.88. The van der Waals surface area contributed by atoms with Gasteiger partial charge in [0.15, 0.2) is 5.11 Å². The Morgan fingerprint density at radius 1 is 0.964 bits per heavy atom. The van der Waals surface area contributed by atoms with Gasteiger partial charge in [0.1, 0.15) is 5.75 Å². The molecule has 0 radical (unpaired) electrons. The zero-order valence-corrected chi connectivity index (χ0v) is 17.4. The van der Waals surface area contributed by atoms with Gasteiger partial charge in [-0.3, -0.25) is 10.1 Å². The van der Waals surface area contributed by atoms with Gasteiger partial charge in [-0.2, -0.15) is 0 Å². The van der Waals surface area contributed by atoms with E-state index in [9.17, 15) is 4.79 Å². The van der Waals surface area contributed by atoms with Crippen molar-refractivity contribution in [1.82, 2.24) is 10.6 Å². The molecule has 2 N–H and O–H groups in total. The van der Waals surface area contributed by atoms with Gasteiger partial charge in [0.2, 0.25) is 0 Å². The number of rotatable bonds is 11. The van der Waals surface area contributed by atoms with Crippen molar-refractivity contribution in [2.75, 3.05) is 13.2 Å². The summed E-state index contributed by atoms with van der Waals surface area (Å²) in [5, 5.41) is 6.12. The fourth-order valence-electron chi connectivity index (χ4n) is 2.78. The summed E-state index contributed by atoms with van der Waals surface area (Å²) in [7, 11) is 0. The summed E-state index contributed by atoms with van der Waals surface area (Å²) in [5.74, 6) is 0.568. The molecule has 0 atom stereocenters. The number of carbonyl (C=O) groups is 1. The van der Waals surface area contributed by atoms with Crippen molar-refractivity contribution < 1.29 is 9.53 Å². The van der Waals surface area contributed by atoms with Gasteiger partial charge in [0.25, 0.3) is 5.91 Å². The maximum Gasteiger partial charge on any atom is 0.257 e. The number of amides is 1. The molecule has 0 aromatic heterocycles. The first kappa shape index (κ1) is 21.9.